The van der Waals surface area contributed by atoms with E-state index in [1.54, 1.807) is 19.4 Å². The highest BCUT2D eigenvalue weighted by Crippen LogP contribution is 2.59. The van der Waals surface area contributed by atoms with Crippen LogP contribution in [0, 0.1) is 6.92 Å². The Morgan fingerprint density at radius 1 is 1.14 bits per heavy atom. The van der Waals surface area contributed by atoms with E-state index in [1.165, 1.54) is 6.08 Å². The molecule has 1 aromatic carbocycles. The molecular weight excluding hydrogens is 542 g/mol. The molecular formula is C30H38F2N8O2. The average molecular weight is 581 g/mol. The number of alkyl halides is 2. The Kier molecular flexibility index (Phi) is 7.95. The van der Waals surface area contributed by atoms with Gasteiger partial charge in [0.15, 0.2) is 0 Å². The smallest absolute Gasteiger partial charge is 0.250 e. The number of pyridine rings is 1. The lowest BCUT2D eigenvalue weighted by Gasteiger charge is -2.44. The van der Waals surface area contributed by atoms with Crippen LogP contribution < -0.4 is 25.2 Å². The van der Waals surface area contributed by atoms with Gasteiger partial charge in [0.2, 0.25) is 11.9 Å². The maximum Gasteiger partial charge on any atom is 0.250 e. The minimum absolute atomic E-state index is 0.227. The second kappa shape index (κ2) is 11.3. The van der Waals surface area contributed by atoms with Crippen LogP contribution in [-0.2, 0) is 5.41 Å². The van der Waals surface area contributed by atoms with Crippen molar-refractivity contribution in [3.8, 4) is 5.75 Å². The Morgan fingerprint density at radius 2 is 1.90 bits per heavy atom. The maximum atomic E-state index is 14.1. The first-order valence-electron chi connectivity index (χ1n) is 13.8. The Bertz CT molecular complexity index is 1460. The van der Waals surface area contributed by atoms with Gasteiger partial charge >= 0.3 is 0 Å². The molecule has 10 nitrogen and oxygen atoms in total. The second-order valence-electron chi connectivity index (χ2n) is 11.4. The molecule has 0 radical (unpaired) electrons. The third-order valence-electron chi connectivity index (χ3n) is 7.76. The number of aromatic nitrogens is 3. The molecule has 3 heterocycles. The number of benzene rings is 1. The van der Waals surface area contributed by atoms with Gasteiger partial charge in [-0.25, -0.2) is 13.8 Å². The molecule has 3 N–H and O–H groups in total. The normalized spacial score (nSPS) is 17.0. The van der Waals surface area contributed by atoms with Gasteiger partial charge in [0.1, 0.15) is 17.8 Å². The predicted octanol–water partition coefficient (Wildman–Crippen LogP) is 4.66. The number of rotatable bonds is 11. The van der Waals surface area contributed by atoms with Gasteiger partial charge in [-0.05, 0) is 51.4 Å². The Balaban J connectivity index is 1.46. The van der Waals surface area contributed by atoms with Crippen LogP contribution in [0.5, 0.6) is 5.75 Å². The summed E-state index contributed by atoms with van der Waals surface area (Å²) in [6.07, 6.45) is 1.61. The molecule has 1 unspecified atom stereocenters. The Hall–Kier alpha value is -4.03. The molecule has 3 aromatic rings. The number of ether oxygens (including phenoxy) is 1. The fourth-order valence-electron chi connectivity index (χ4n) is 5.68. The molecule has 42 heavy (non-hydrogen) atoms. The minimum Gasteiger partial charge on any atom is -0.494 e. The van der Waals surface area contributed by atoms with Crippen molar-refractivity contribution in [1.82, 2.24) is 19.9 Å². The molecule has 0 amide bonds. The first kappa shape index (κ1) is 29.5. The van der Waals surface area contributed by atoms with Crippen LogP contribution in [0.1, 0.15) is 24.2 Å². The van der Waals surface area contributed by atoms with Gasteiger partial charge in [-0.3, -0.25) is 4.98 Å². The number of aryl methyl sites for hydroxylation is 1. The number of aliphatic hydroxyl groups is 1. The van der Waals surface area contributed by atoms with Crippen molar-refractivity contribution >= 4 is 34.5 Å². The van der Waals surface area contributed by atoms with Gasteiger partial charge in [0.25, 0.3) is 0 Å². The van der Waals surface area contributed by atoms with Gasteiger partial charge in [-0.15, -0.1) is 0 Å². The van der Waals surface area contributed by atoms with Crippen LogP contribution >= 0.6 is 0 Å². The minimum atomic E-state index is -2.69. The van der Waals surface area contributed by atoms with Gasteiger partial charge < -0.3 is 35.2 Å². The van der Waals surface area contributed by atoms with Crippen LogP contribution in [0.25, 0.3) is 0 Å². The predicted molar refractivity (Wildman–Crippen MR) is 162 cm³/mol. The van der Waals surface area contributed by atoms with E-state index in [0.29, 0.717) is 41.1 Å². The summed E-state index contributed by atoms with van der Waals surface area (Å²) >= 11 is 0. The van der Waals surface area contributed by atoms with Gasteiger partial charge in [-0.1, -0.05) is 6.58 Å². The molecule has 0 saturated heterocycles. The van der Waals surface area contributed by atoms with Crippen LogP contribution in [0.4, 0.5) is 43.3 Å². The lowest BCUT2D eigenvalue weighted by Crippen LogP contribution is -2.51. The zero-order valence-electron chi connectivity index (χ0n) is 24.7. The van der Waals surface area contributed by atoms with E-state index >= 15 is 0 Å². The molecule has 2 aromatic heterocycles. The van der Waals surface area contributed by atoms with E-state index in [0.717, 1.165) is 30.2 Å². The number of likely N-dealkylation sites (N-methyl/N-ethyl adjacent to an activating group) is 2. The van der Waals surface area contributed by atoms with Crippen LogP contribution in [0.2, 0.25) is 0 Å². The standard InChI is InChI=1S/C30H38F2N8O2/c1-7-26(41)35-20-14-21(24(42-6)15-23(20)39(5)13-12-38(3)4)36-28-33-11-10-25(37-28)40-18-29(16-30(31,32)17-29)27-22(40)9-8-19(2)34-27/h7-11,14-15,26,35,41H,1,12-13,16-18H2,2-6H3,(H,33,36,37). The lowest BCUT2D eigenvalue weighted by atomic mass is 9.65. The highest BCUT2D eigenvalue weighted by atomic mass is 19.3. The number of nitrogens with one attached hydrogen (secondary N) is 2. The summed E-state index contributed by atoms with van der Waals surface area (Å²) in [5, 5.41) is 16.6. The number of anilines is 6. The van der Waals surface area contributed by atoms with E-state index in [1.807, 2.05) is 57.2 Å². The summed E-state index contributed by atoms with van der Waals surface area (Å²) in [5.74, 6) is -1.26. The highest BCUT2D eigenvalue weighted by Gasteiger charge is 2.62. The monoisotopic (exact) mass is 580 g/mol. The fourth-order valence-corrected chi connectivity index (χ4v) is 5.68. The summed E-state index contributed by atoms with van der Waals surface area (Å²) in [5.41, 5.74) is 3.64. The van der Waals surface area contributed by atoms with Crippen LogP contribution in [-0.4, -0.2) is 85.0 Å². The van der Waals surface area contributed by atoms with E-state index in [2.05, 4.69) is 37.0 Å². The van der Waals surface area contributed by atoms with E-state index in [9.17, 15) is 13.9 Å². The molecule has 2 aliphatic rings. The topological polar surface area (TPSA) is 102 Å². The second-order valence-corrected chi connectivity index (χ2v) is 11.4. The zero-order chi connectivity index (χ0) is 30.2. The van der Waals surface area contributed by atoms with Crippen LogP contribution in [0.3, 0.4) is 0 Å². The molecule has 224 valence electrons. The summed E-state index contributed by atoms with van der Waals surface area (Å²) in [4.78, 5) is 19.9. The summed E-state index contributed by atoms with van der Waals surface area (Å²) in [6, 6.07) is 9.28. The molecule has 12 heteroatoms. The first-order valence-corrected chi connectivity index (χ1v) is 13.8. The molecule has 5 rings (SSSR count). The molecule has 1 fully saturated rings. The number of halogens is 2. The van der Waals surface area contributed by atoms with Gasteiger partial charge in [0.05, 0.1) is 35.6 Å². The fraction of sp³-hybridized carbons (Fsp3) is 0.433. The van der Waals surface area contributed by atoms with E-state index in [-0.39, 0.29) is 12.8 Å². The molecule has 1 aliphatic heterocycles. The molecule has 1 atom stereocenters. The van der Waals surface area contributed by atoms with Crippen molar-refractivity contribution < 1.29 is 18.6 Å². The molecule has 1 spiro atoms. The van der Waals surface area contributed by atoms with Crippen molar-refractivity contribution in [2.45, 2.75) is 37.3 Å². The number of hydrogen-bond donors (Lipinski definition) is 3. The molecule has 0 bridgehead atoms. The van der Waals surface area contributed by atoms with Gasteiger partial charge in [-0.2, -0.15) is 4.98 Å². The number of hydrogen-bond acceptors (Lipinski definition) is 10. The average Bonchev–Trinajstić information content (AvgIpc) is 3.24. The number of aliphatic hydroxyl groups excluding tert-OH is 1. The largest absolute Gasteiger partial charge is 0.494 e. The molecule has 1 saturated carbocycles. The van der Waals surface area contributed by atoms with Gasteiger partial charge in [0, 0.05) is 62.9 Å². The van der Waals surface area contributed by atoms with Crippen molar-refractivity contribution in [3.63, 3.8) is 0 Å². The van der Waals surface area contributed by atoms with Crippen LogP contribution in [0.15, 0.2) is 49.2 Å². The Morgan fingerprint density at radius 3 is 2.57 bits per heavy atom. The van der Waals surface area contributed by atoms with Crippen molar-refractivity contribution in [2.24, 2.45) is 0 Å². The maximum absolute atomic E-state index is 14.1. The summed E-state index contributed by atoms with van der Waals surface area (Å²) < 4.78 is 33.9. The zero-order valence-corrected chi connectivity index (χ0v) is 24.7. The van der Waals surface area contributed by atoms with E-state index < -0.39 is 17.6 Å². The quantitative estimate of drug-likeness (QED) is 0.219. The Labute approximate surface area is 245 Å². The third-order valence-corrected chi connectivity index (χ3v) is 7.76. The number of methoxy groups -OCH3 is 1. The number of fused-ring (bicyclic) bond motifs is 2. The summed E-state index contributed by atoms with van der Waals surface area (Å²) in [6.45, 7) is 7.48. The lowest BCUT2D eigenvalue weighted by molar-refractivity contribution is -0.122. The first-order chi connectivity index (χ1) is 19.9. The van der Waals surface area contributed by atoms with Crippen molar-refractivity contribution in [1.29, 1.82) is 0 Å². The summed E-state index contributed by atoms with van der Waals surface area (Å²) in [7, 11) is 7.57. The number of nitrogens with zero attached hydrogens (tertiary/aromatic N) is 6. The van der Waals surface area contributed by atoms with Crippen molar-refractivity contribution in [2.75, 3.05) is 68.3 Å². The highest BCUT2D eigenvalue weighted by molar-refractivity contribution is 5.81. The SMILES string of the molecule is C=CC(O)Nc1cc(Nc2nccc(N3CC4(CC(F)(F)C4)c4nc(C)ccc43)n2)c(OC)cc1N(C)CCN(C)C. The third kappa shape index (κ3) is 5.82. The molecule has 1 aliphatic carbocycles. The van der Waals surface area contributed by atoms with Crippen molar-refractivity contribution in [3.05, 3.63) is 60.6 Å². The van der Waals surface area contributed by atoms with E-state index in [4.69, 9.17) is 9.72 Å².